The Labute approximate surface area is 126 Å². The SMILES string of the molecule is O=S(=O)(N1CCOCC1)N1CC[C@](O)(CN2CCCC2)C1. The Kier molecular flexibility index (Phi) is 4.54. The van der Waals surface area contributed by atoms with Gasteiger partial charge < -0.3 is 14.7 Å². The summed E-state index contributed by atoms with van der Waals surface area (Å²) in [5, 5.41) is 10.7. The first-order chi connectivity index (χ1) is 10.00. The van der Waals surface area contributed by atoms with E-state index in [1.165, 1.54) is 21.5 Å². The first-order valence-electron chi connectivity index (χ1n) is 7.77. The molecule has 0 spiro atoms. The topological polar surface area (TPSA) is 73.3 Å². The molecular formula is C13H25N3O4S. The molecule has 0 aromatic heterocycles. The number of morpholine rings is 1. The number of likely N-dealkylation sites (tertiary alicyclic amines) is 1. The Morgan fingerprint density at radius 3 is 2.33 bits per heavy atom. The molecule has 21 heavy (non-hydrogen) atoms. The Morgan fingerprint density at radius 2 is 1.67 bits per heavy atom. The molecule has 0 unspecified atom stereocenters. The zero-order valence-corrected chi connectivity index (χ0v) is 13.2. The van der Waals surface area contributed by atoms with Crippen LogP contribution < -0.4 is 0 Å². The lowest BCUT2D eigenvalue weighted by molar-refractivity contribution is 0.0223. The lowest BCUT2D eigenvalue weighted by Gasteiger charge is -2.32. The minimum Gasteiger partial charge on any atom is -0.387 e. The van der Waals surface area contributed by atoms with Crippen LogP contribution in [0, 0.1) is 0 Å². The number of nitrogens with zero attached hydrogens (tertiary/aromatic N) is 3. The zero-order valence-electron chi connectivity index (χ0n) is 12.4. The van der Waals surface area contributed by atoms with Crippen LogP contribution in [0.15, 0.2) is 0 Å². The van der Waals surface area contributed by atoms with Crippen molar-refractivity contribution in [2.75, 3.05) is 59.0 Å². The van der Waals surface area contributed by atoms with Crippen LogP contribution in [0.25, 0.3) is 0 Å². The Hall–Kier alpha value is -0.250. The normalized spacial score (nSPS) is 33.8. The van der Waals surface area contributed by atoms with Crippen molar-refractivity contribution in [3.8, 4) is 0 Å². The van der Waals surface area contributed by atoms with E-state index < -0.39 is 15.8 Å². The molecule has 3 aliphatic heterocycles. The van der Waals surface area contributed by atoms with Crippen LogP contribution in [-0.4, -0.2) is 91.7 Å². The molecule has 0 aromatic carbocycles. The molecule has 3 saturated heterocycles. The van der Waals surface area contributed by atoms with Gasteiger partial charge in [0.1, 0.15) is 0 Å². The van der Waals surface area contributed by atoms with Gasteiger partial charge >= 0.3 is 0 Å². The molecule has 0 aromatic rings. The van der Waals surface area contributed by atoms with E-state index in [1.807, 2.05) is 0 Å². The van der Waals surface area contributed by atoms with Crippen LogP contribution in [0.5, 0.6) is 0 Å². The predicted molar refractivity (Wildman–Crippen MR) is 78.1 cm³/mol. The molecule has 3 rings (SSSR count). The molecule has 0 amide bonds. The second-order valence-electron chi connectivity index (χ2n) is 6.31. The van der Waals surface area contributed by atoms with E-state index in [0.29, 0.717) is 45.8 Å². The molecular weight excluding hydrogens is 294 g/mol. The third-order valence-corrected chi connectivity index (χ3v) is 6.62. The van der Waals surface area contributed by atoms with Gasteiger partial charge in [-0.1, -0.05) is 0 Å². The third-order valence-electron chi connectivity index (χ3n) is 4.64. The Bertz CT molecular complexity index is 460. The van der Waals surface area contributed by atoms with Crippen LogP contribution in [0.3, 0.4) is 0 Å². The summed E-state index contributed by atoms with van der Waals surface area (Å²) in [5.74, 6) is 0. The molecule has 7 nitrogen and oxygen atoms in total. The van der Waals surface area contributed by atoms with Crippen molar-refractivity contribution in [2.45, 2.75) is 24.9 Å². The molecule has 0 saturated carbocycles. The van der Waals surface area contributed by atoms with E-state index in [2.05, 4.69) is 4.90 Å². The van der Waals surface area contributed by atoms with Gasteiger partial charge in [-0.3, -0.25) is 0 Å². The minimum absolute atomic E-state index is 0.211. The summed E-state index contributed by atoms with van der Waals surface area (Å²) in [6.07, 6.45) is 2.87. The van der Waals surface area contributed by atoms with Crippen LogP contribution in [-0.2, 0) is 14.9 Å². The number of β-amino-alcohol motifs (C(OH)–C–C–N with tert-alkyl or cyclic N) is 1. The standard InChI is InChI=1S/C13H25N3O4S/c17-13(11-14-4-1-2-5-14)3-6-16(12-13)21(18,19)15-7-9-20-10-8-15/h17H,1-12H2/t13-/m0/s1. The highest BCUT2D eigenvalue weighted by molar-refractivity contribution is 7.86. The van der Waals surface area contributed by atoms with E-state index in [-0.39, 0.29) is 6.54 Å². The fourth-order valence-corrected chi connectivity index (χ4v) is 5.11. The molecule has 3 aliphatic rings. The van der Waals surface area contributed by atoms with Gasteiger partial charge in [0.25, 0.3) is 10.2 Å². The van der Waals surface area contributed by atoms with Crippen molar-refractivity contribution >= 4 is 10.2 Å². The smallest absolute Gasteiger partial charge is 0.282 e. The predicted octanol–water partition coefficient (Wildman–Crippen LogP) is -0.904. The van der Waals surface area contributed by atoms with Crippen molar-refractivity contribution < 1.29 is 18.3 Å². The second kappa shape index (κ2) is 6.10. The maximum absolute atomic E-state index is 12.6. The third kappa shape index (κ3) is 3.40. The molecule has 0 radical (unpaired) electrons. The van der Waals surface area contributed by atoms with Crippen molar-refractivity contribution in [2.24, 2.45) is 0 Å². The molecule has 1 N–H and O–H groups in total. The van der Waals surface area contributed by atoms with Crippen LogP contribution in [0.4, 0.5) is 0 Å². The monoisotopic (exact) mass is 319 g/mol. The number of rotatable bonds is 4. The Morgan fingerprint density at radius 1 is 1.00 bits per heavy atom. The zero-order chi connectivity index (χ0) is 14.9. The highest BCUT2D eigenvalue weighted by atomic mass is 32.2. The summed E-state index contributed by atoms with van der Waals surface area (Å²) >= 11 is 0. The van der Waals surface area contributed by atoms with Crippen LogP contribution in [0.2, 0.25) is 0 Å². The number of ether oxygens (including phenoxy) is 1. The van der Waals surface area contributed by atoms with Gasteiger partial charge in [-0.15, -0.1) is 0 Å². The maximum atomic E-state index is 12.6. The van der Waals surface area contributed by atoms with Gasteiger partial charge in [-0.05, 0) is 32.4 Å². The maximum Gasteiger partial charge on any atom is 0.282 e. The molecule has 122 valence electrons. The number of hydrogen-bond acceptors (Lipinski definition) is 5. The summed E-state index contributed by atoms with van der Waals surface area (Å²) in [5.41, 5.74) is -0.899. The van der Waals surface area contributed by atoms with E-state index in [4.69, 9.17) is 4.74 Å². The molecule has 1 atom stereocenters. The Balaban J connectivity index is 1.62. The lowest BCUT2D eigenvalue weighted by atomic mass is 10.0. The van der Waals surface area contributed by atoms with Gasteiger partial charge in [0, 0.05) is 32.7 Å². The van der Waals surface area contributed by atoms with Crippen molar-refractivity contribution in [1.29, 1.82) is 0 Å². The molecule has 0 aliphatic carbocycles. The average molecular weight is 319 g/mol. The highest BCUT2D eigenvalue weighted by Gasteiger charge is 2.44. The van der Waals surface area contributed by atoms with Crippen molar-refractivity contribution in [3.05, 3.63) is 0 Å². The molecule has 3 fully saturated rings. The molecule has 8 heteroatoms. The van der Waals surface area contributed by atoms with Gasteiger partial charge in [-0.2, -0.15) is 17.0 Å². The minimum atomic E-state index is -3.46. The van der Waals surface area contributed by atoms with E-state index in [0.717, 1.165) is 13.1 Å². The first kappa shape index (κ1) is 15.6. The summed E-state index contributed by atoms with van der Waals surface area (Å²) in [6.45, 7) is 4.94. The van der Waals surface area contributed by atoms with Crippen LogP contribution in [0.1, 0.15) is 19.3 Å². The fourth-order valence-electron chi connectivity index (χ4n) is 3.44. The van der Waals surface area contributed by atoms with Gasteiger partial charge in [0.15, 0.2) is 0 Å². The molecule has 0 bridgehead atoms. The summed E-state index contributed by atoms with van der Waals surface area (Å²) in [4.78, 5) is 2.24. The number of hydrogen-bond donors (Lipinski definition) is 1. The van der Waals surface area contributed by atoms with E-state index >= 15 is 0 Å². The highest BCUT2D eigenvalue weighted by Crippen LogP contribution is 2.27. The second-order valence-corrected chi connectivity index (χ2v) is 8.24. The summed E-state index contributed by atoms with van der Waals surface area (Å²) < 4.78 is 33.3. The summed E-state index contributed by atoms with van der Waals surface area (Å²) in [7, 11) is -3.46. The van der Waals surface area contributed by atoms with E-state index in [9.17, 15) is 13.5 Å². The van der Waals surface area contributed by atoms with Gasteiger partial charge in [0.05, 0.1) is 18.8 Å². The first-order valence-corrected chi connectivity index (χ1v) is 9.17. The number of aliphatic hydroxyl groups is 1. The average Bonchev–Trinajstić information content (AvgIpc) is 3.10. The quantitative estimate of drug-likeness (QED) is 0.727. The summed E-state index contributed by atoms with van der Waals surface area (Å²) in [6, 6.07) is 0. The van der Waals surface area contributed by atoms with Crippen molar-refractivity contribution in [1.82, 2.24) is 13.5 Å². The lowest BCUT2D eigenvalue weighted by Crippen LogP contribution is -2.50. The van der Waals surface area contributed by atoms with Crippen LogP contribution >= 0.6 is 0 Å². The molecule has 3 heterocycles. The fraction of sp³-hybridized carbons (Fsp3) is 1.00. The van der Waals surface area contributed by atoms with Crippen molar-refractivity contribution in [3.63, 3.8) is 0 Å². The largest absolute Gasteiger partial charge is 0.387 e. The van der Waals surface area contributed by atoms with Gasteiger partial charge in [0.2, 0.25) is 0 Å². The van der Waals surface area contributed by atoms with E-state index in [1.54, 1.807) is 0 Å². The van der Waals surface area contributed by atoms with Gasteiger partial charge in [-0.25, -0.2) is 0 Å².